The van der Waals surface area contributed by atoms with Crippen molar-refractivity contribution in [1.29, 1.82) is 0 Å². The summed E-state index contributed by atoms with van der Waals surface area (Å²) in [6.45, 7) is 0. The number of hydrogen-bond donors (Lipinski definition) is 0. The molecule has 3 nitrogen and oxygen atoms in total. The molecule has 1 aromatic rings. The van der Waals surface area contributed by atoms with E-state index in [1.54, 1.807) is 31.5 Å². The molecule has 0 radical (unpaired) electrons. The topological polar surface area (TPSA) is 33.5 Å². The molecular formula is C11H9NO2S2. The lowest BCUT2D eigenvalue weighted by Crippen LogP contribution is -2.22. The summed E-state index contributed by atoms with van der Waals surface area (Å²) in [4.78, 5) is 13.7. The highest BCUT2D eigenvalue weighted by atomic mass is 32.2. The number of rotatable bonds is 2. The second-order valence-electron chi connectivity index (χ2n) is 3.14. The summed E-state index contributed by atoms with van der Waals surface area (Å²) < 4.78 is 5.71. The van der Waals surface area contributed by atoms with Gasteiger partial charge in [-0.2, -0.15) is 0 Å². The van der Waals surface area contributed by atoms with Crippen LogP contribution in [0.25, 0.3) is 6.08 Å². The minimum atomic E-state index is -0.0564. The molecule has 0 aliphatic carbocycles. The van der Waals surface area contributed by atoms with Crippen LogP contribution in [0.2, 0.25) is 0 Å². The van der Waals surface area contributed by atoms with E-state index in [-0.39, 0.29) is 5.91 Å². The number of furan rings is 1. The van der Waals surface area contributed by atoms with Gasteiger partial charge in [0, 0.05) is 7.05 Å². The maximum Gasteiger partial charge on any atom is 0.265 e. The zero-order valence-electron chi connectivity index (χ0n) is 8.54. The Morgan fingerprint density at radius 2 is 2.38 bits per heavy atom. The van der Waals surface area contributed by atoms with Crippen molar-refractivity contribution < 1.29 is 9.21 Å². The summed E-state index contributed by atoms with van der Waals surface area (Å²) in [6.07, 6.45) is 6.92. The highest BCUT2D eigenvalue weighted by Crippen LogP contribution is 2.29. The first kappa shape index (κ1) is 11.2. The van der Waals surface area contributed by atoms with Crippen molar-refractivity contribution in [2.24, 2.45) is 0 Å². The van der Waals surface area contributed by atoms with Crippen LogP contribution in [-0.2, 0) is 4.79 Å². The van der Waals surface area contributed by atoms with E-state index < -0.39 is 0 Å². The van der Waals surface area contributed by atoms with Gasteiger partial charge in [-0.05, 0) is 24.3 Å². The fraction of sp³-hybridized carbons (Fsp3) is 0.0909. The first-order valence-electron chi connectivity index (χ1n) is 4.60. The van der Waals surface area contributed by atoms with Gasteiger partial charge in [-0.3, -0.25) is 9.69 Å². The molecule has 1 aliphatic heterocycles. The molecule has 0 N–H and O–H groups in total. The van der Waals surface area contributed by atoms with E-state index in [4.69, 9.17) is 16.6 Å². The highest BCUT2D eigenvalue weighted by Gasteiger charge is 2.27. The van der Waals surface area contributed by atoms with Crippen LogP contribution >= 0.6 is 24.0 Å². The van der Waals surface area contributed by atoms with E-state index in [1.807, 2.05) is 12.1 Å². The molecule has 16 heavy (non-hydrogen) atoms. The minimum Gasteiger partial charge on any atom is -0.465 e. The largest absolute Gasteiger partial charge is 0.465 e. The predicted octanol–water partition coefficient (Wildman–Crippen LogP) is 2.67. The maximum absolute atomic E-state index is 11.6. The monoisotopic (exact) mass is 251 g/mol. The zero-order valence-corrected chi connectivity index (χ0v) is 10.2. The summed E-state index contributed by atoms with van der Waals surface area (Å²) in [7, 11) is 1.68. The van der Waals surface area contributed by atoms with Crippen LogP contribution in [-0.4, -0.2) is 22.2 Å². The third-order valence-electron chi connectivity index (χ3n) is 2.04. The lowest BCUT2D eigenvalue weighted by molar-refractivity contribution is -0.121. The Hall–Kier alpha value is -1.33. The molecule has 0 aromatic carbocycles. The standard InChI is InChI=1S/C11H9NO2S2/c1-12-10(13)9(16-11(12)15)6-2-4-8-5-3-7-14-8/h2-7H,1H3/b4-2+,9-6+. The van der Waals surface area contributed by atoms with Gasteiger partial charge in [-0.15, -0.1) is 0 Å². The molecule has 2 heterocycles. The van der Waals surface area contributed by atoms with Gasteiger partial charge in [0.05, 0.1) is 11.2 Å². The van der Waals surface area contributed by atoms with Crippen molar-refractivity contribution in [3.63, 3.8) is 0 Å². The van der Waals surface area contributed by atoms with Gasteiger partial charge >= 0.3 is 0 Å². The molecule has 82 valence electrons. The Kier molecular flexibility index (Phi) is 3.26. The van der Waals surface area contributed by atoms with Crippen LogP contribution in [0.15, 0.2) is 39.9 Å². The number of thiocarbonyl (C=S) groups is 1. The fourth-order valence-electron chi connectivity index (χ4n) is 1.18. The van der Waals surface area contributed by atoms with Gasteiger partial charge in [-0.1, -0.05) is 30.1 Å². The summed E-state index contributed by atoms with van der Waals surface area (Å²) in [6, 6.07) is 3.65. The highest BCUT2D eigenvalue weighted by molar-refractivity contribution is 8.26. The molecular weight excluding hydrogens is 242 g/mol. The summed E-state index contributed by atoms with van der Waals surface area (Å²) in [5.74, 6) is 0.697. The number of allylic oxidation sites excluding steroid dienone is 2. The lowest BCUT2D eigenvalue weighted by atomic mass is 10.3. The van der Waals surface area contributed by atoms with E-state index in [1.165, 1.54) is 16.7 Å². The SMILES string of the molecule is CN1C(=O)/C(=C\C=C\c2ccco2)SC1=S. The fourth-order valence-corrected chi connectivity index (χ4v) is 2.31. The Morgan fingerprint density at radius 1 is 1.56 bits per heavy atom. The molecule has 0 bridgehead atoms. The number of hydrogen-bond acceptors (Lipinski definition) is 4. The van der Waals surface area contributed by atoms with Gasteiger partial charge in [-0.25, -0.2) is 0 Å². The summed E-state index contributed by atoms with van der Waals surface area (Å²) in [5.41, 5.74) is 0. The Labute approximate surface area is 103 Å². The molecule has 1 saturated heterocycles. The Balaban J connectivity index is 2.09. The quantitative estimate of drug-likeness (QED) is 0.597. The average Bonchev–Trinajstić information content (AvgIpc) is 2.85. The average molecular weight is 251 g/mol. The van der Waals surface area contributed by atoms with E-state index in [2.05, 4.69) is 0 Å². The summed E-state index contributed by atoms with van der Waals surface area (Å²) >= 11 is 6.32. The van der Waals surface area contributed by atoms with E-state index in [9.17, 15) is 4.79 Å². The molecule has 1 aromatic heterocycles. The zero-order chi connectivity index (χ0) is 11.5. The van der Waals surface area contributed by atoms with Crippen molar-refractivity contribution >= 4 is 40.3 Å². The number of carbonyl (C=O) groups excluding carboxylic acids is 1. The van der Waals surface area contributed by atoms with E-state index in [0.717, 1.165) is 5.76 Å². The first-order chi connectivity index (χ1) is 7.68. The van der Waals surface area contributed by atoms with Crippen LogP contribution in [0.5, 0.6) is 0 Å². The third-order valence-corrected chi connectivity index (χ3v) is 3.54. The van der Waals surface area contributed by atoms with Gasteiger partial charge < -0.3 is 4.42 Å². The molecule has 1 amide bonds. The van der Waals surface area contributed by atoms with Crippen molar-refractivity contribution in [1.82, 2.24) is 4.90 Å². The number of likely N-dealkylation sites (N-methyl/N-ethyl adjacent to an activating group) is 1. The molecule has 2 rings (SSSR count). The van der Waals surface area contributed by atoms with Crippen molar-refractivity contribution in [3.8, 4) is 0 Å². The second-order valence-corrected chi connectivity index (χ2v) is 4.81. The summed E-state index contributed by atoms with van der Waals surface area (Å²) in [5, 5.41) is 0. The van der Waals surface area contributed by atoms with Crippen molar-refractivity contribution in [2.75, 3.05) is 7.05 Å². The molecule has 0 spiro atoms. The maximum atomic E-state index is 11.6. The van der Waals surface area contributed by atoms with Gasteiger partial charge in [0.25, 0.3) is 5.91 Å². The van der Waals surface area contributed by atoms with Crippen LogP contribution in [0.1, 0.15) is 5.76 Å². The number of thioether (sulfide) groups is 1. The molecule has 1 fully saturated rings. The number of carbonyl (C=O) groups is 1. The molecule has 0 atom stereocenters. The van der Waals surface area contributed by atoms with Crippen molar-refractivity contribution in [3.05, 3.63) is 41.2 Å². The van der Waals surface area contributed by atoms with Gasteiger partial charge in [0.15, 0.2) is 0 Å². The normalized spacial score (nSPS) is 19.3. The third kappa shape index (κ3) is 2.25. The van der Waals surface area contributed by atoms with Crippen LogP contribution in [0, 0.1) is 0 Å². The Morgan fingerprint density at radius 3 is 2.94 bits per heavy atom. The minimum absolute atomic E-state index is 0.0564. The lowest BCUT2D eigenvalue weighted by Gasteiger charge is -2.03. The molecule has 0 unspecified atom stereocenters. The number of nitrogens with zero attached hydrogens (tertiary/aromatic N) is 1. The van der Waals surface area contributed by atoms with E-state index >= 15 is 0 Å². The van der Waals surface area contributed by atoms with Gasteiger partial charge in [0.1, 0.15) is 10.1 Å². The van der Waals surface area contributed by atoms with Crippen LogP contribution in [0.4, 0.5) is 0 Å². The van der Waals surface area contributed by atoms with Gasteiger partial charge in [0.2, 0.25) is 0 Å². The van der Waals surface area contributed by atoms with Crippen molar-refractivity contribution in [2.45, 2.75) is 0 Å². The molecule has 1 aliphatic rings. The Bertz CT molecular complexity index is 474. The predicted molar refractivity (Wildman–Crippen MR) is 68.8 cm³/mol. The number of amides is 1. The smallest absolute Gasteiger partial charge is 0.265 e. The molecule has 5 heteroatoms. The van der Waals surface area contributed by atoms with E-state index in [0.29, 0.717) is 9.23 Å². The first-order valence-corrected chi connectivity index (χ1v) is 5.82. The van der Waals surface area contributed by atoms with Crippen LogP contribution < -0.4 is 0 Å². The second kappa shape index (κ2) is 4.67. The molecule has 0 saturated carbocycles. The van der Waals surface area contributed by atoms with Crippen LogP contribution in [0.3, 0.4) is 0 Å².